The molecular formula is C25H28O2. The maximum atomic E-state index is 10.2. The standard InChI is InChI=1S/C25H28O2/c26-19-25(15-7-2-8-16-25)17-22-14-13-21-11-5-6-12-23(21)24(22)27-18-20-9-3-1-4-10-20/h1,3-6,9-14,26H,2,7-8,15-19H2. The van der Waals surface area contributed by atoms with E-state index in [2.05, 4.69) is 48.5 Å². The van der Waals surface area contributed by atoms with Crippen LogP contribution in [0.15, 0.2) is 66.7 Å². The van der Waals surface area contributed by atoms with Crippen LogP contribution >= 0.6 is 0 Å². The van der Waals surface area contributed by atoms with Crippen molar-refractivity contribution in [1.82, 2.24) is 0 Å². The average Bonchev–Trinajstić information content (AvgIpc) is 2.74. The Morgan fingerprint density at radius 1 is 0.815 bits per heavy atom. The van der Waals surface area contributed by atoms with E-state index in [9.17, 15) is 5.11 Å². The van der Waals surface area contributed by atoms with E-state index in [1.54, 1.807) is 0 Å². The Morgan fingerprint density at radius 3 is 2.33 bits per heavy atom. The van der Waals surface area contributed by atoms with Crippen LogP contribution in [0, 0.1) is 5.41 Å². The molecule has 4 rings (SSSR count). The average molecular weight is 360 g/mol. The van der Waals surface area contributed by atoms with Crippen LogP contribution < -0.4 is 4.74 Å². The number of ether oxygens (including phenoxy) is 1. The van der Waals surface area contributed by atoms with Crippen LogP contribution in [0.25, 0.3) is 10.8 Å². The molecule has 0 amide bonds. The summed E-state index contributed by atoms with van der Waals surface area (Å²) in [6.45, 7) is 0.825. The van der Waals surface area contributed by atoms with Gasteiger partial charge >= 0.3 is 0 Å². The minimum atomic E-state index is 0.00552. The van der Waals surface area contributed by atoms with Gasteiger partial charge in [0.1, 0.15) is 12.4 Å². The molecule has 27 heavy (non-hydrogen) atoms. The molecule has 1 saturated carbocycles. The molecule has 0 heterocycles. The molecule has 2 heteroatoms. The van der Waals surface area contributed by atoms with Gasteiger partial charge in [0, 0.05) is 12.0 Å². The first-order valence-corrected chi connectivity index (χ1v) is 10.1. The molecule has 0 saturated heterocycles. The van der Waals surface area contributed by atoms with Crippen LogP contribution in [-0.2, 0) is 13.0 Å². The summed E-state index contributed by atoms with van der Waals surface area (Å²) in [5.74, 6) is 0.982. The van der Waals surface area contributed by atoms with E-state index >= 15 is 0 Å². The van der Waals surface area contributed by atoms with Gasteiger partial charge in [-0.15, -0.1) is 0 Å². The van der Waals surface area contributed by atoms with Crippen molar-refractivity contribution >= 4 is 10.8 Å². The molecule has 1 aliphatic carbocycles. The van der Waals surface area contributed by atoms with E-state index in [0.717, 1.165) is 30.4 Å². The van der Waals surface area contributed by atoms with Crippen molar-refractivity contribution < 1.29 is 9.84 Å². The fourth-order valence-electron chi connectivity index (χ4n) is 4.42. The molecule has 0 aliphatic heterocycles. The van der Waals surface area contributed by atoms with Crippen molar-refractivity contribution in [3.8, 4) is 5.75 Å². The zero-order valence-corrected chi connectivity index (χ0v) is 15.9. The smallest absolute Gasteiger partial charge is 0.130 e. The number of fused-ring (bicyclic) bond motifs is 1. The van der Waals surface area contributed by atoms with Crippen LogP contribution in [0.5, 0.6) is 5.75 Å². The Morgan fingerprint density at radius 2 is 1.56 bits per heavy atom. The summed E-state index contributed by atoms with van der Waals surface area (Å²) in [4.78, 5) is 0. The van der Waals surface area contributed by atoms with Gasteiger partial charge < -0.3 is 9.84 Å². The van der Waals surface area contributed by atoms with Crippen molar-refractivity contribution in [2.75, 3.05) is 6.61 Å². The highest BCUT2D eigenvalue weighted by Crippen LogP contribution is 2.42. The number of aliphatic hydroxyl groups is 1. The molecule has 0 spiro atoms. The summed E-state index contributed by atoms with van der Waals surface area (Å²) in [6.07, 6.45) is 6.82. The van der Waals surface area contributed by atoms with Gasteiger partial charge in [-0.3, -0.25) is 0 Å². The van der Waals surface area contributed by atoms with Gasteiger partial charge in [-0.2, -0.15) is 0 Å². The molecule has 140 valence electrons. The van der Waals surface area contributed by atoms with Crippen LogP contribution in [0.3, 0.4) is 0 Å². The summed E-state index contributed by atoms with van der Waals surface area (Å²) in [5, 5.41) is 12.5. The number of hydrogen-bond acceptors (Lipinski definition) is 2. The predicted octanol–water partition coefficient (Wildman–Crippen LogP) is 5.90. The molecule has 3 aromatic carbocycles. The molecule has 0 radical (unpaired) electrons. The van der Waals surface area contributed by atoms with Crippen LogP contribution in [-0.4, -0.2) is 11.7 Å². The van der Waals surface area contributed by atoms with Gasteiger partial charge in [-0.05, 0) is 41.2 Å². The van der Waals surface area contributed by atoms with Gasteiger partial charge in [-0.1, -0.05) is 86.0 Å². The minimum Gasteiger partial charge on any atom is -0.488 e. The second kappa shape index (κ2) is 8.14. The van der Waals surface area contributed by atoms with Crippen molar-refractivity contribution in [3.63, 3.8) is 0 Å². The molecular weight excluding hydrogens is 332 g/mol. The summed E-state index contributed by atoms with van der Waals surface area (Å²) in [5.41, 5.74) is 2.40. The summed E-state index contributed by atoms with van der Waals surface area (Å²) in [6, 6.07) is 23.1. The van der Waals surface area contributed by atoms with Gasteiger partial charge in [0.15, 0.2) is 0 Å². The fourth-order valence-corrected chi connectivity index (χ4v) is 4.42. The lowest BCUT2D eigenvalue weighted by Gasteiger charge is -2.36. The van der Waals surface area contributed by atoms with Gasteiger partial charge in [0.2, 0.25) is 0 Å². The third-order valence-electron chi connectivity index (χ3n) is 6.00. The molecule has 0 aromatic heterocycles. The molecule has 3 aromatic rings. The lowest BCUT2D eigenvalue weighted by Crippen LogP contribution is -2.30. The second-order valence-electron chi connectivity index (χ2n) is 7.94. The Balaban J connectivity index is 1.68. The van der Waals surface area contributed by atoms with E-state index in [0.29, 0.717) is 6.61 Å². The van der Waals surface area contributed by atoms with E-state index in [-0.39, 0.29) is 12.0 Å². The highest BCUT2D eigenvalue weighted by atomic mass is 16.5. The quantitative estimate of drug-likeness (QED) is 0.592. The normalized spacial score (nSPS) is 16.3. The molecule has 1 N–H and O–H groups in total. The summed E-state index contributed by atoms with van der Waals surface area (Å²) >= 11 is 0. The molecule has 0 bridgehead atoms. The van der Waals surface area contributed by atoms with Crippen LogP contribution in [0.4, 0.5) is 0 Å². The largest absolute Gasteiger partial charge is 0.488 e. The van der Waals surface area contributed by atoms with Crippen LogP contribution in [0.1, 0.15) is 43.2 Å². The predicted molar refractivity (Wildman–Crippen MR) is 111 cm³/mol. The molecule has 0 atom stereocenters. The fraction of sp³-hybridized carbons (Fsp3) is 0.360. The molecule has 1 aliphatic rings. The maximum absolute atomic E-state index is 10.2. The Hall–Kier alpha value is -2.32. The Labute approximate surface area is 161 Å². The van der Waals surface area contributed by atoms with Gasteiger partial charge in [-0.25, -0.2) is 0 Å². The Bertz CT molecular complexity index is 879. The second-order valence-corrected chi connectivity index (χ2v) is 7.94. The van der Waals surface area contributed by atoms with Crippen molar-refractivity contribution in [2.24, 2.45) is 5.41 Å². The third-order valence-corrected chi connectivity index (χ3v) is 6.00. The van der Waals surface area contributed by atoms with Gasteiger partial charge in [0.05, 0.1) is 0 Å². The zero-order chi connectivity index (χ0) is 18.5. The first-order chi connectivity index (χ1) is 13.3. The number of hydrogen-bond donors (Lipinski definition) is 1. The van der Waals surface area contributed by atoms with E-state index in [1.165, 1.54) is 35.8 Å². The molecule has 0 unspecified atom stereocenters. The Kier molecular flexibility index (Phi) is 5.45. The van der Waals surface area contributed by atoms with Crippen molar-refractivity contribution in [1.29, 1.82) is 0 Å². The van der Waals surface area contributed by atoms with Crippen LogP contribution in [0.2, 0.25) is 0 Å². The topological polar surface area (TPSA) is 29.5 Å². The first kappa shape index (κ1) is 18.1. The van der Waals surface area contributed by atoms with Gasteiger partial charge in [0.25, 0.3) is 0 Å². The lowest BCUT2D eigenvalue weighted by molar-refractivity contribution is 0.0815. The van der Waals surface area contributed by atoms with Crippen molar-refractivity contribution in [2.45, 2.75) is 45.1 Å². The number of aliphatic hydroxyl groups excluding tert-OH is 1. The highest BCUT2D eigenvalue weighted by Gasteiger charge is 2.32. The first-order valence-electron chi connectivity index (χ1n) is 10.1. The van der Waals surface area contributed by atoms with E-state index in [4.69, 9.17) is 4.74 Å². The van der Waals surface area contributed by atoms with E-state index in [1.807, 2.05) is 18.2 Å². The van der Waals surface area contributed by atoms with E-state index < -0.39 is 0 Å². The highest BCUT2D eigenvalue weighted by molar-refractivity contribution is 5.89. The minimum absolute atomic E-state index is 0.00552. The summed E-state index contributed by atoms with van der Waals surface area (Å²) < 4.78 is 6.39. The lowest BCUT2D eigenvalue weighted by atomic mass is 9.70. The maximum Gasteiger partial charge on any atom is 0.130 e. The SMILES string of the molecule is OCC1(Cc2ccc3ccccc3c2OCc2ccccc2)CCCCC1. The third kappa shape index (κ3) is 4.01. The monoisotopic (exact) mass is 360 g/mol. The summed E-state index contributed by atoms with van der Waals surface area (Å²) in [7, 11) is 0. The number of rotatable bonds is 6. The zero-order valence-electron chi connectivity index (χ0n) is 15.9. The molecule has 1 fully saturated rings. The molecule has 2 nitrogen and oxygen atoms in total. The number of benzene rings is 3. The van der Waals surface area contributed by atoms with Crippen molar-refractivity contribution in [3.05, 3.63) is 77.9 Å².